The van der Waals surface area contributed by atoms with E-state index in [1.165, 1.54) is 74.9 Å². The van der Waals surface area contributed by atoms with Gasteiger partial charge < -0.3 is 14.6 Å². The van der Waals surface area contributed by atoms with Gasteiger partial charge in [-0.05, 0) is 59.5 Å². The Morgan fingerprint density at radius 2 is 1.30 bits per heavy atom. The number of Topliss-reactive ketones (excluding diaryl/α,β-unsaturated/α-hetero) is 1. The zero-order chi connectivity index (χ0) is 33.9. The van der Waals surface area contributed by atoms with Crippen LogP contribution in [0.3, 0.4) is 0 Å². The van der Waals surface area contributed by atoms with Crippen molar-refractivity contribution in [3.8, 4) is 23.6 Å². The molecule has 12 heteroatoms. The van der Waals surface area contributed by atoms with E-state index in [0.717, 1.165) is 0 Å². The van der Waals surface area contributed by atoms with Gasteiger partial charge in [-0.3, -0.25) is 25.0 Å². The molecule has 4 aromatic rings. The Bertz CT molecular complexity index is 1920. The van der Waals surface area contributed by atoms with Crippen molar-refractivity contribution in [2.75, 3.05) is 14.2 Å². The molecule has 1 N–H and O–H groups in total. The highest BCUT2D eigenvalue weighted by molar-refractivity contribution is 6.00. The van der Waals surface area contributed by atoms with Crippen molar-refractivity contribution in [2.45, 2.75) is 23.9 Å². The van der Waals surface area contributed by atoms with Gasteiger partial charge in [0, 0.05) is 41.7 Å². The molecule has 4 atom stereocenters. The molecular formula is C35H28N4O8. The van der Waals surface area contributed by atoms with Crippen LogP contribution in [-0.2, 0) is 5.60 Å². The molecule has 1 aliphatic rings. The molecule has 0 aliphatic heterocycles. The average Bonchev–Trinajstić information content (AvgIpc) is 3.11. The highest BCUT2D eigenvalue weighted by Crippen LogP contribution is 2.63. The lowest BCUT2D eigenvalue weighted by molar-refractivity contribution is -0.385. The Kier molecular flexibility index (Phi) is 8.73. The summed E-state index contributed by atoms with van der Waals surface area (Å²) in [5.41, 5.74) is -4.22. The molecule has 0 aromatic heterocycles. The van der Waals surface area contributed by atoms with Gasteiger partial charge in [-0.1, -0.05) is 36.4 Å². The summed E-state index contributed by atoms with van der Waals surface area (Å²) in [7, 11) is 2.92. The van der Waals surface area contributed by atoms with E-state index in [4.69, 9.17) is 9.47 Å². The highest BCUT2D eigenvalue weighted by atomic mass is 16.6. The van der Waals surface area contributed by atoms with E-state index in [-0.39, 0.29) is 40.0 Å². The summed E-state index contributed by atoms with van der Waals surface area (Å²) >= 11 is 0. The molecule has 0 unspecified atom stereocenters. The van der Waals surface area contributed by atoms with Gasteiger partial charge in [-0.25, -0.2) is 0 Å². The molecule has 0 radical (unpaired) electrons. The van der Waals surface area contributed by atoms with E-state index in [1.807, 2.05) is 0 Å². The first kappa shape index (κ1) is 32.3. The Labute approximate surface area is 269 Å². The molecular weight excluding hydrogens is 604 g/mol. The van der Waals surface area contributed by atoms with Crippen LogP contribution in [0.4, 0.5) is 11.4 Å². The summed E-state index contributed by atoms with van der Waals surface area (Å²) in [6, 6.07) is 27.3. The average molecular weight is 633 g/mol. The Morgan fingerprint density at radius 1 is 0.809 bits per heavy atom. The molecule has 0 saturated heterocycles. The number of benzene rings is 4. The maximum Gasteiger partial charge on any atom is 0.269 e. The summed E-state index contributed by atoms with van der Waals surface area (Å²) < 4.78 is 10.5. The maximum atomic E-state index is 14.8. The van der Waals surface area contributed by atoms with Crippen molar-refractivity contribution in [3.05, 3.63) is 140 Å². The predicted octanol–water partition coefficient (Wildman–Crippen LogP) is 6.21. The third-order valence-electron chi connectivity index (χ3n) is 8.94. The number of nitrogens with zero attached hydrogens (tertiary/aromatic N) is 4. The van der Waals surface area contributed by atoms with Crippen molar-refractivity contribution < 1.29 is 29.2 Å². The SMILES string of the molecule is COc1ccc(C(=O)[C@@H]2[C@H](c3cccc([N+](=O)[O-])c3)C(C#N)(C#N)[C@@H](c3cccc([N+](=O)[O-])c3)C[C@]2(O)c2ccc(OC)cc2)cc1. The molecule has 47 heavy (non-hydrogen) atoms. The van der Waals surface area contributed by atoms with E-state index in [1.54, 1.807) is 36.4 Å². The zero-order valence-electron chi connectivity index (χ0n) is 25.3. The number of carbonyl (C=O) groups is 1. The number of ether oxygens (including phenoxy) is 2. The van der Waals surface area contributed by atoms with Crippen LogP contribution in [0.1, 0.15) is 45.3 Å². The third kappa shape index (κ3) is 5.63. The maximum absolute atomic E-state index is 14.8. The molecule has 1 fully saturated rings. The molecule has 0 amide bonds. The zero-order valence-corrected chi connectivity index (χ0v) is 25.3. The largest absolute Gasteiger partial charge is 0.497 e. The van der Waals surface area contributed by atoms with Crippen LogP contribution in [0.5, 0.6) is 11.5 Å². The van der Waals surface area contributed by atoms with Crippen LogP contribution >= 0.6 is 0 Å². The number of non-ortho nitro benzene ring substituents is 2. The molecule has 1 saturated carbocycles. The lowest BCUT2D eigenvalue weighted by Crippen LogP contribution is -2.55. The number of methoxy groups -OCH3 is 2. The fourth-order valence-corrected chi connectivity index (χ4v) is 6.68. The van der Waals surface area contributed by atoms with Crippen LogP contribution in [0.2, 0.25) is 0 Å². The van der Waals surface area contributed by atoms with E-state index in [2.05, 4.69) is 12.1 Å². The van der Waals surface area contributed by atoms with Crippen molar-refractivity contribution in [2.24, 2.45) is 11.3 Å². The molecule has 0 spiro atoms. The summed E-state index contributed by atoms with van der Waals surface area (Å²) in [6.07, 6.45) is -0.375. The lowest BCUT2D eigenvalue weighted by atomic mass is 9.48. The van der Waals surface area contributed by atoms with E-state index in [9.17, 15) is 40.7 Å². The summed E-state index contributed by atoms with van der Waals surface area (Å²) in [6.45, 7) is 0. The monoisotopic (exact) mass is 632 g/mol. The summed E-state index contributed by atoms with van der Waals surface area (Å²) in [4.78, 5) is 37.2. The fourth-order valence-electron chi connectivity index (χ4n) is 6.68. The van der Waals surface area contributed by atoms with Crippen molar-refractivity contribution in [1.29, 1.82) is 10.5 Å². The van der Waals surface area contributed by atoms with Gasteiger partial charge in [-0.2, -0.15) is 10.5 Å². The molecule has 1 aliphatic carbocycles. The number of ketones is 1. The minimum absolute atomic E-state index is 0.0937. The van der Waals surface area contributed by atoms with Crippen LogP contribution < -0.4 is 9.47 Å². The van der Waals surface area contributed by atoms with Gasteiger partial charge >= 0.3 is 0 Å². The number of nitriles is 2. The number of aliphatic hydroxyl groups is 1. The smallest absolute Gasteiger partial charge is 0.269 e. The number of carbonyl (C=O) groups excluding carboxylic acids is 1. The normalized spacial score (nSPS) is 21.4. The third-order valence-corrected chi connectivity index (χ3v) is 8.94. The molecule has 4 aromatic carbocycles. The summed E-state index contributed by atoms with van der Waals surface area (Å²) in [5.74, 6) is -3.92. The molecule has 12 nitrogen and oxygen atoms in total. The van der Waals surface area contributed by atoms with Gasteiger partial charge in [0.25, 0.3) is 11.4 Å². The number of nitro benzene ring substituents is 2. The topological polar surface area (TPSA) is 190 Å². The number of hydrogen-bond donors (Lipinski definition) is 1. The quantitative estimate of drug-likeness (QED) is 0.126. The minimum atomic E-state index is -2.14. The first-order valence-electron chi connectivity index (χ1n) is 14.4. The van der Waals surface area contributed by atoms with Gasteiger partial charge in [0.2, 0.25) is 0 Å². The fraction of sp³-hybridized carbons (Fsp3) is 0.229. The highest BCUT2D eigenvalue weighted by Gasteiger charge is 2.64. The van der Waals surface area contributed by atoms with Crippen molar-refractivity contribution in [1.82, 2.24) is 0 Å². The van der Waals surface area contributed by atoms with Gasteiger partial charge in [-0.15, -0.1) is 0 Å². The molecule has 0 heterocycles. The van der Waals surface area contributed by atoms with Crippen molar-refractivity contribution in [3.63, 3.8) is 0 Å². The minimum Gasteiger partial charge on any atom is -0.497 e. The Hall–Kier alpha value is -6.11. The van der Waals surface area contributed by atoms with Gasteiger partial charge in [0.05, 0.1) is 42.1 Å². The number of rotatable bonds is 9. The Morgan fingerprint density at radius 3 is 1.79 bits per heavy atom. The molecule has 5 rings (SSSR count). The second-order valence-electron chi connectivity index (χ2n) is 11.3. The molecule has 236 valence electrons. The van der Waals surface area contributed by atoms with E-state index < -0.39 is 44.4 Å². The standard InChI is InChI=1S/C35H28N4O8/c1-46-28-13-9-22(10-14-28)33(40)32-31(24-6-4-8-27(18-24)39(44)45)34(20-36,21-37)30(23-5-3-7-26(17-23)38(42)43)19-35(32,41)25-11-15-29(47-2)16-12-25/h3-18,30-32,41H,19H2,1-2H3/t30-,31+,32+,35+/m1/s1. The molecule has 0 bridgehead atoms. The van der Waals surface area contributed by atoms with E-state index >= 15 is 0 Å². The number of hydrogen-bond acceptors (Lipinski definition) is 10. The van der Waals surface area contributed by atoms with E-state index in [0.29, 0.717) is 11.5 Å². The second-order valence-corrected chi connectivity index (χ2v) is 11.3. The van der Waals surface area contributed by atoms with Crippen LogP contribution in [0.25, 0.3) is 0 Å². The first-order valence-corrected chi connectivity index (χ1v) is 14.4. The van der Waals surface area contributed by atoms with Crippen LogP contribution in [0.15, 0.2) is 97.1 Å². The van der Waals surface area contributed by atoms with Crippen molar-refractivity contribution >= 4 is 17.2 Å². The van der Waals surface area contributed by atoms with Gasteiger partial charge in [0.15, 0.2) is 11.2 Å². The predicted molar refractivity (Wildman–Crippen MR) is 168 cm³/mol. The summed E-state index contributed by atoms with van der Waals surface area (Å²) in [5, 5.41) is 58.5. The van der Waals surface area contributed by atoms with Gasteiger partial charge in [0.1, 0.15) is 17.1 Å². The number of nitro groups is 2. The second kappa shape index (κ2) is 12.7. The Balaban J connectivity index is 1.88. The van der Waals surface area contributed by atoms with Crippen LogP contribution in [0, 0.1) is 54.2 Å². The lowest BCUT2D eigenvalue weighted by Gasteiger charge is -2.53. The van der Waals surface area contributed by atoms with Crippen LogP contribution in [-0.4, -0.2) is 35.0 Å². The first-order chi connectivity index (χ1) is 22.5.